The Kier molecular flexibility index (Phi) is 1.48. The second-order valence-electron chi connectivity index (χ2n) is 3.38. The van der Waals surface area contributed by atoms with Gasteiger partial charge in [-0.1, -0.05) is 36.4 Å². The first-order valence-electron chi connectivity index (χ1n) is 4.71. The van der Waals surface area contributed by atoms with E-state index in [-0.39, 0.29) is 0 Å². The van der Waals surface area contributed by atoms with Gasteiger partial charge >= 0.3 is 0 Å². The Morgan fingerprint density at radius 1 is 1.21 bits per heavy atom. The van der Waals surface area contributed by atoms with Gasteiger partial charge in [0.15, 0.2) is 0 Å². The Morgan fingerprint density at radius 2 is 2.21 bits per heavy atom. The maximum absolute atomic E-state index is 3.37. The predicted octanol–water partition coefficient (Wildman–Crippen LogP) is 2.88. The van der Waals surface area contributed by atoms with Crippen molar-refractivity contribution in [2.45, 2.75) is 0 Å². The van der Waals surface area contributed by atoms with Gasteiger partial charge in [-0.25, -0.2) is 0 Å². The molecular formula is C13H9N. The molecule has 1 nitrogen and oxygen atoms in total. The molecule has 2 aromatic rings. The van der Waals surface area contributed by atoms with E-state index in [4.69, 9.17) is 0 Å². The highest BCUT2D eigenvalue weighted by molar-refractivity contribution is 5.97. The van der Waals surface area contributed by atoms with Gasteiger partial charge < -0.3 is 5.32 Å². The zero-order valence-corrected chi connectivity index (χ0v) is 7.67. The summed E-state index contributed by atoms with van der Waals surface area (Å²) in [5.41, 5.74) is 2.42. The summed E-state index contributed by atoms with van der Waals surface area (Å²) in [5, 5.41) is 5.71. The summed E-state index contributed by atoms with van der Waals surface area (Å²) < 4.78 is 0. The number of fused-ring (bicyclic) bond motifs is 3. The molecule has 0 unspecified atom stereocenters. The molecule has 0 aromatic heterocycles. The van der Waals surface area contributed by atoms with Crippen molar-refractivity contribution in [3.63, 3.8) is 0 Å². The molecular weight excluding hydrogens is 170 g/mol. The van der Waals surface area contributed by atoms with Crippen LogP contribution >= 0.6 is 0 Å². The van der Waals surface area contributed by atoms with Gasteiger partial charge in [0.2, 0.25) is 0 Å². The van der Waals surface area contributed by atoms with Crippen LogP contribution in [0.25, 0.3) is 16.8 Å². The third kappa shape index (κ3) is 0.978. The zero-order valence-electron chi connectivity index (χ0n) is 7.67. The lowest BCUT2D eigenvalue weighted by Crippen LogP contribution is -2.04. The number of rotatable bonds is 0. The van der Waals surface area contributed by atoms with Crippen LogP contribution in [0.4, 0.5) is 5.69 Å². The summed E-state index contributed by atoms with van der Waals surface area (Å²) in [6, 6.07) is 14.4. The topological polar surface area (TPSA) is 12.0 Å². The van der Waals surface area contributed by atoms with Crippen molar-refractivity contribution in [2.75, 3.05) is 11.9 Å². The van der Waals surface area contributed by atoms with Gasteiger partial charge in [-0.2, -0.15) is 0 Å². The molecule has 1 aliphatic heterocycles. The van der Waals surface area contributed by atoms with E-state index in [1.54, 1.807) is 0 Å². The summed E-state index contributed by atoms with van der Waals surface area (Å²) in [6.07, 6.45) is 4.27. The summed E-state index contributed by atoms with van der Waals surface area (Å²) in [5.74, 6) is 0. The van der Waals surface area contributed by atoms with Crippen molar-refractivity contribution in [2.24, 2.45) is 0 Å². The summed E-state index contributed by atoms with van der Waals surface area (Å²) >= 11 is 0. The van der Waals surface area contributed by atoms with Crippen molar-refractivity contribution < 1.29 is 0 Å². The van der Waals surface area contributed by atoms with E-state index in [9.17, 15) is 0 Å². The zero-order chi connectivity index (χ0) is 9.38. The third-order valence-electron chi connectivity index (χ3n) is 2.51. The summed E-state index contributed by atoms with van der Waals surface area (Å²) in [7, 11) is 0. The van der Waals surface area contributed by atoms with Crippen molar-refractivity contribution >= 4 is 22.5 Å². The van der Waals surface area contributed by atoms with Gasteiger partial charge in [0.25, 0.3) is 0 Å². The molecule has 0 saturated carbocycles. The smallest absolute Gasteiger partial charge is 0.0581 e. The molecule has 1 heteroatoms. The molecule has 0 fully saturated rings. The van der Waals surface area contributed by atoms with Crippen molar-refractivity contribution in [3.05, 3.63) is 48.0 Å². The van der Waals surface area contributed by atoms with E-state index in [0.717, 1.165) is 11.9 Å². The fourth-order valence-corrected chi connectivity index (χ4v) is 1.83. The van der Waals surface area contributed by atoms with E-state index in [2.05, 4.69) is 47.8 Å². The first-order valence-corrected chi connectivity index (χ1v) is 4.71. The Labute approximate surface area is 83.1 Å². The van der Waals surface area contributed by atoms with E-state index >= 15 is 0 Å². The van der Waals surface area contributed by atoms with Gasteiger partial charge in [0, 0.05) is 6.54 Å². The Bertz CT molecular complexity index is 512. The quantitative estimate of drug-likeness (QED) is 0.655. The van der Waals surface area contributed by atoms with Gasteiger partial charge in [0.1, 0.15) is 0 Å². The molecule has 1 aliphatic rings. The Hall–Kier alpha value is -1.94. The molecule has 0 aliphatic carbocycles. The van der Waals surface area contributed by atoms with Crippen LogP contribution in [0.15, 0.2) is 30.3 Å². The van der Waals surface area contributed by atoms with Crippen LogP contribution in [0, 0.1) is 12.1 Å². The van der Waals surface area contributed by atoms with Crippen LogP contribution in [0.1, 0.15) is 5.56 Å². The van der Waals surface area contributed by atoms with Gasteiger partial charge in [-0.3, -0.25) is 0 Å². The minimum Gasteiger partial charge on any atom is -0.380 e. The molecule has 66 valence electrons. The minimum absolute atomic E-state index is 0.898. The molecule has 3 rings (SSSR count). The lowest BCUT2D eigenvalue weighted by Gasteiger charge is -2.14. The largest absolute Gasteiger partial charge is 0.380 e. The Morgan fingerprint density at radius 3 is 3.21 bits per heavy atom. The predicted molar refractivity (Wildman–Crippen MR) is 59.1 cm³/mol. The average molecular weight is 179 g/mol. The first kappa shape index (κ1) is 7.46. The molecule has 0 bridgehead atoms. The Balaban J connectivity index is 2.41. The number of nitrogens with one attached hydrogen (secondary N) is 1. The van der Waals surface area contributed by atoms with Crippen LogP contribution < -0.4 is 5.32 Å². The van der Waals surface area contributed by atoms with Gasteiger partial charge in [-0.15, -0.1) is 0 Å². The highest BCUT2D eigenvalue weighted by atomic mass is 14.9. The van der Waals surface area contributed by atoms with Crippen molar-refractivity contribution in [1.29, 1.82) is 0 Å². The van der Waals surface area contributed by atoms with Crippen LogP contribution in [0.5, 0.6) is 0 Å². The van der Waals surface area contributed by atoms with Crippen LogP contribution in [-0.4, -0.2) is 6.54 Å². The SMILES string of the molecule is c1ccc2ccc3c(c2c#1)NCC=C3. The fourth-order valence-electron chi connectivity index (χ4n) is 1.83. The average Bonchev–Trinajstić information content (AvgIpc) is 2.29. The lowest BCUT2D eigenvalue weighted by molar-refractivity contribution is 1.33. The molecule has 0 radical (unpaired) electrons. The second-order valence-corrected chi connectivity index (χ2v) is 3.38. The molecule has 0 saturated heterocycles. The molecule has 0 spiro atoms. The van der Waals surface area contributed by atoms with Crippen LogP contribution in [0.3, 0.4) is 0 Å². The van der Waals surface area contributed by atoms with E-state index in [1.807, 2.05) is 6.07 Å². The van der Waals surface area contributed by atoms with Gasteiger partial charge in [-0.05, 0) is 23.1 Å². The van der Waals surface area contributed by atoms with Crippen LogP contribution in [0.2, 0.25) is 0 Å². The van der Waals surface area contributed by atoms with Gasteiger partial charge in [0.05, 0.1) is 11.1 Å². The van der Waals surface area contributed by atoms with E-state index in [0.29, 0.717) is 0 Å². The van der Waals surface area contributed by atoms with Crippen molar-refractivity contribution in [1.82, 2.24) is 0 Å². The molecule has 1 N–H and O–H groups in total. The second kappa shape index (κ2) is 2.78. The normalized spacial score (nSPS) is 13.1. The van der Waals surface area contributed by atoms with E-state index < -0.39 is 0 Å². The highest BCUT2D eigenvalue weighted by Crippen LogP contribution is 2.28. The number of benzene rings is 1. The fraction of sp³-hybridized carbons (Fsp3) is 0.0769. The lowest BCUT2D eigenvalue weighted by atomic mass is 10.0. The monoisotopic (exact) mass is 179 g/mol. The molecule has 1 heterocycles. The number of anilines is 1. The molecule has 0 amide bonds. The molecule has 14 heavy (non-hydrogen) atoms. The maximum atomic E-state index is 3.37. The minimum atomic E-state index is 0.898. The molecule has 2 aromatic carbocycles. The molecule has 0 atom stereocenters. The summed E-state index contributed by atoms with van der Waals surface area (Å²) in [6.45, 7) is 0.898. The van der Waals surface area contributed by atoms with E-state index in [1.165, 1.54) is 16.6 Å². The van der Waals surface area contributed by atoms with Crippen molar-refractivity contribution in [3.8, 4) is 0 Å². The number of hydrogen-bond acceptors (Lipinski definition) is 1. The summed E-state index contributed by atoms with van der Waals surface area (Å²) in [4.78, 5) is 0. The first-order chi connectivity index (χ1) is 6.95. The van der Waals surface area contributed by atoms with Crippen LogP contribution in [-0.2, 0) is 0 Å². The number of hydrogen-bond donors (Lipinski definition) is 1. The third-order valence-corrected chi connectivity index (χ3v) is 2.51. The standard InChI is InChI=1S/C13H9N/c1-2-6-12-10(4-1)7-8-11-5-3-9-14-13(11)12/h1,3-5,7-8,14H,9H2. The maximum Gasteiger partial charge on any atom is 0.0581 e. The highest BCUT2D eigenvalue weighted by Gasteiger charge is 2.06.